The fourth-order valence-corrected chi connectivity index (χ4v) is 4.16. The molecule has 1 aliphatic carbocycles. The molecule has 7 nitrogen and oxygen atoms in total. The monoisotopic (exact) mass is 361 g/mol. The van der Waals surface area contributed by atoms with Gasteiger partial charge in [-0.15, -0.1) is 5.10 Å². The van der Waals surface area contributed by atoms with Gasteiger partial charge in [0.05, 0.1) is 5.69 Å². The molecule has 5 rings (SSSR count). The Morgan fingerprint density at radius 3 is 2.74 bits per heavy atom. The van der Waals surface area contributed by atoms with E-state index in [1.54, 1.807) is 10.8 Å². The summed E-state index contributed by atoms with van der Waals surface area (Å²) in [6.07, 6.45) is 8.22. The van der Waals surface area contributed by atoms with Crippen LogP contribution in [0.3, 0.4) is 0 Å². The lowest BCUT2D eigenvalue weighted by molar-refractivity contribution is 0.339. The minimum Gasteiger partial charge on any atom is -0.399 e. The van der Waals surface area contributed by atoms with Gasteiger partial charge in [0.15, 0.2) is 0 Å². The molecule has 1 fully saturated rings. The second-order valence-electron chi connectivity index (χ2n) is 7.42. The molecule has 3 heterocycles. The predicted molar refractivity (Wildman–Crippen MR) is 105 cm³/mol. The van der Waals surface area contributed by atoms with Gasteiger partial charge >= 0.3 is 0 Å². The molecule has 4 N–H and O–H groups in total. The molecule has 0 radical (unpaired) electrons. The van der Waals surface area contributed by atoms with Crippen LogP contribution in [0.4, 0.5) is 5.69 Å². The first-order valence-corrected chi connectivity index (χ1v) is 9.53. The Kier molecular flexibility index (Phi) is 4.01. The molecule has 0 bridgehead atoms. The standard InChI is InChI=1S/C20H23N7/c21-15-5-1-13(2-6-15)11-23-16-7-3-14(4-8-16)18-19-17-9-10-22-20(17)24-12-27(19)26-25-18/h1-2,5-6,9-10,12,14,16,22-23H,3-4,7-8,11,21H2/t14-,16-. The lowest BCUT2D eigenvalue weighted by Gasteiger charge is -2.28. The third-order valence-electron chi connectivity index (χ3n) is 5.69. The van der Waals surface area contributed by atoms with Crippen LogP contribution in [-0.2, 0) is 6.54 Å². The van der Waals surface area contributed by atoms with Crippen LogP contribution in [0.15, 0.2) is 42.9 Å². The van der Waals surface area contributed by atoms with Crippen LogP contribution < -0.4 is 11.1 Å². The number of nitrogens with one attached hydrogen (secondary N) is 2. The first kappa shape index (κ1) is 16.3. The minimum absolute atomic E-state index is 0.456. The van der Waals surface area contributed by atoms with Crippen molar-refractivity contribution in [3.05, 3.63) is 54.1 Å². The number of aromatic nitrogens is 5. The molecule has 3 aromatic heterocycles. The molecular weight excluding hydrogens is 338 g/mol. The molecule has 0 spiro atoms. The van der Waals surface area contributed by atoms with Crippen molar-refractivity contribution in [3.63, 3.8) is 0 Å². The maximum Gasteiger partial charge on any atom is 0.141 e. The van der Waals surface area contributed by atoms with Crippen molar-refractivity contribution in [3.8, 4) is 0 Å². The van der Waals surface area contributed by atoms with Gasteiger partial charge in [0.25, 0.3) is 0 Å². The Morgan fingerprint density at radius 2 is 1.93 bits per heavy atom. The fourth-order valence-electron chi connectivity index (χ4n) is 4.16. The summed E-state index contributed by atoms with van der Waals surface area (Å²) in [5.74, 6) is 0.456. The number of hydrogen-bond donors (Lipinski definition) is 3. The largest absolute Gasteiger partial charge is 0.399 e. The Hall–Kier alpha value is -2.93. The van der Waals surface area contributed by atoms with Crippen molar-refractivity contribution in [1.29, 1.82) is 0 Å². The van der Waals surface area contributed by atoms with E-state index in [0.29, 0.717) is 12.0 Å². The van der Waals surface area contributed by atoms with Crippen LogP contribution in [0.5, 0.6) is 0 Å². The normalized spacial score (nSPS) is 20.4. The summed E-state index contributed by atoms with van der Waals surface area (Å²) in [6.45, 7) is 0.889. The van der Waals surface area contributed by atoms with Crippen LogP contribution in [0.2, 0.25) is 0 Å². The van der Waals surface area contributed by atoms with Gasteiger partial charge in [-0.3, -0.25) is 0 Å². The van der Waals surface area contributed by atoms with E-state index in [2.05, 4.69) is 43.8 Å². The van der Waals surface area contributed by atoms with Crippen molar-refractivity contribution in [1.82, 2.24) is 30.1 Å². The van der Waals surface area contributed by atoms with Crippen molar-refractivity contribution in [2.75, 3.05) is 5.73 Å². The smallest absolute Gasteiger partial charge is 0.141 e. The number of fused-ring (bicyclic) bond motifs is 3. The number of aromatic amines is 1. The summed E-state index contributed by atoms with van der Waals surface area (Å²) in [7, 11) is 0. The van der Waals surface area contributed by atoms with Crippen LogP contribution in [0, 0.1) is 0 Å². The second kappa shape index (κ2) is 6.66. The van der Waals surface area contributed by atoms with Crippen LogP contribution >= 0.6 is 0 Å². The number of nitrogen functional groups attached to an aromatic ring is 1. The zero-order valence-electron chi connectivity index (χ0n) is 15.1. The lowest BCUT2D eigenvalue weighted by Crippen LogP contribution is -2.32. The highest BCUT2D eigenvalue weighted by Crippen LogP contribution is 2.35. The highest BCUT2D eigenvalue weighted by atomic mass is 15.4. The quantitative estimate of drug-likeness (QED) is 0.486. The molecular formula is C20H23N7. The van der Waals surface area contributed by atoms with Crippen molar-refractivity contribution in [2.24, 2.45) is 0 Å². The van der Waals surface area contributed by atoms with Gasteiger partial charge in [0.2, 0.25) is 0 Å². The summed E-state index contributed by atoms with van der Waals surface area (Å²) in [6, 6.07) is 10.7. The summed E-state index contributed by atoms with van der Waals surface area (Å²) < 4.78 is 1.80. The number of rotatable bonds is 4. The van der Waals surface area contributed by atoms with E-state index in [0.717, 1.165) is 60.2 Å². The van der Waals surface area contributed by atoms with Gasteiger partial charge in [0.1, 0.15) is 17.5 Å². The van der Waals surface area contributed by atoms with Crippen LogP contribution in [0.25, 0.3) is 16.6 Å². The fraction of sp³-hybridized carbons (Fsp3) is 0.350. The van der Waals surface area contributed by atoms with Gasteiger partial charge in [-0.2, -0.15) is 0 Å². The SMILES string of the molecule is Nc1ccc(CN[C@H]2CC[C@H](c3nnn4cnc5[nH]ccc5c34)CC2)cc1. The molecule has 7 heteroatoms. The van der Waals surface area contributed by atoms with Gasteiger partial charge in [-0.25, -0.2) is 9.50 Å². The molecule has 1 aliphatic rings. The average Bonchev–Trinajstić information content (AvgIpc) is 3.34. The maximum absolute atomic E-state index is 5.76. The Balaban J connectivity index is 1.27. The number of benzene rings is 1. The van der Waals surface area contributed by atoms with E-state index in [1.807, 2.05) is 18.3 Å². The number of nitrogens with two attached hydrogens (primary N) is 1. The summed E-state index contributed by atoms with van der Waals surface area (Å²) in [5.41, 5.74) is 10.9. The van der Waals surface area contributed by atoms with E-state index in [-0.39, 0.29) is 0 Å². The van der Waals surface area contributed by atoms with Crippen LogP contribution in [0.1, 0.15) is 42.9 Å². The lowest BCUT2D eigenvalue weighted by atomic mass is 9.83. The van der Waals surface area contributed by atoms with E-state index >= 15 is 0 Å². The molecule has 27 heavy (non-hydrogen) atoms. The highest BCUT2D eigenvalue weighted by Gasteiger charge is 2.26. The number of hydrogen-bond acceptors (Lipinski definition) is 5. The molecule has 0 unspecified atom stereocenters. The van der Waals surface area contributed by atoms with Gasteiger partial charge in [-0.05, 0) is 49.4 Å². The maximum atomic E-state index is 5.76. The van der Waals surface area contributed by atoms with Gasteiger partial charge < -0.3 is 16.0 Å². The van der Waals surface area contributed by atoms with Crippen LogP contribution in [-0.4, -0.2) is 30.8 Å². The molecule has 0 amide bonds. The Bertz CT molecular complexity index is 1060. The minimum atomic E-state index is 0.456. The average molecular weight is 361 g/mol. The van der Waals surface area contributed by atoms with E-state index < -0.39 is 0 Å². The first-order valence-electron chi connectivity index (χ1n) is 9.53. The third kappa shape index (κ3) is 3.04. The molecule has 1 aromatic carbocycles. The van der Waals surface area contributed by atoms with Crippen molar-refractivity contribution >= 4 is 22.2 Å². The molecule has 0 atom stereocenters. The summed E-state index contributed by atoms with van der Waals surface area (Å²) >= 11 is 0. The van der Waals surface area contributed by atoms with Crippen molar-refractivity contribution < 1.29 is 0 Å². The molecule has 0 aliphatic heterocycles. The predicted octanol–water partition coefficient (Wildman–Crippen LogP) is 3.00. The van der Waals surface area contributed by atoms with E-state index in [9.17, 15) is 0 Å². The van der Waals surface area contributed by atoms with Gasteiger partial charge in [-0.1, -0.05) is 17.3 Å². The zero-order valence-corrected chi connectivity index (χ0v) is 15.1. The van der Waals surface area contributed by atoms with E-state index in [4.69, 9.17) is 5.73 Å². The molecule has 1 saturated carbocycles. The van der Waals surface area contributed by atoms with Crippen molar-refractivity contribution in [2.45, 2.75) is 44.2 Å². The highest BCUT2D eigenvalue weighted by molar-refractivity contribution is 5.92. The second-order valence-corrected chi connectivity index (χ2v) is 7.42. The summed E-state index contributed by atoms with van der Waals surface area (Å²) in [4.78, 5) is 7.56. The zero-order chi connectivity index (χ0) is 18.2. The number of H-pyrrole nitrogens is 1. The topological polar surface area (TPSA) is 96.9 Å². The Labute approximate surface area is 157 Å². The first-order chi connectivity index (χ1) is 13.3. The molecule has 0 saturated heterocycles. The number of nitrogens with zero attached hydrogens (tertiary/aromatic N) is 4. The summed E-state index contributed by atoms with van der Waals surface area (Å²) in [5, 5.41) is 13.6. The third-order valence-corrected chi connectivity index (χ3v) is 5.69. The van der Waals surface area contributed by atoms with Gasteiger partial charge in [0, 0.05) is 35.8 Å². The number of anilines is 1. The molecule has 138 valence electrons. The Morgan fingerprint density at radius 1 is 1.11 bits per heavy atom. The molecule has 4 aromatic rings. The van der Waals surface area contributed by atoms with E-state index in [1.165, 1.54) is 5.56 Å².